The van der Waals surface area contributed by atoms with Crippen LogP contribution < -0.4 is 10.2 Å². The summed E-state index contributed by atoms with van der Waals surface area (Å²) >= 11 is 0. The van der Waals surface area contributed by atoms with Crippen LogP contribution in [0.3, 0.4) is 0 Å². The fourth-order valence-electron chi connectivity index (χ4n) is 3.41. The van der Waals surface area contributed by atoms with Gasteiger partial charge in [-0.25, -0.2) is 15.0 Å². The first-order valence-corrected chi connectivity index (χ1v) is 9.77. The Labute approximate surface area is 170 Å². The summed E-state index contributed by atoms with van der Waals surface area (Å²) in [5.41, 5.74) is 2.77. The molecule has 3 aromatic rings. The van der Waals surface area contributed by atoms with Crippen LogP contribution in [0.2, 0.25) is 0 Å². The molecule has 1 amide bonds. The van der Waals surface area contributed by atoms with Gasteiger partial charge in [-0.1, -0.05) is 35.9 Å². The molecule has 1 N–H and O–H groups in total. The number of nitrogens with zero attached hydrogens (tertiary/aromatic N) is 5. The molecule has 1 aromatic carbocycles. The quantitative estimate of drug-likeness (QED) is 0.724. The second-order valence-corrected chi connectivity index (χ2v) is 7.08. The number of carbonyl (C=O) groups is 1. The minimum atomic E-state index is -0.0633. The molecule has 4 rings (SSSR count). The van der Waals surface area contributed by atoms with E-state index in [-0.39, 0.29) is 5.91 Å². The van der Waals surface area contributed by atoms with E-state index < -0.39 is 0 Å². The number of amides is 1. The first kappa shape index (κ1) is 18.9. The molecule has 7 heteroatoms. The van der Waals surface area contributed by atoms with Crippen molar-refractivity contribution in [1.82, 2.24) is 19.9 Å². The first-order valence-electron chi connectivity index (χ1n) is 9.77. The van der Waals surface area contributed by atoms with Gasteiger partial charge in [0.05, 0.1) is 0 Å². The third-order valence-corrected chi connectivity index (χ3v) is 4.95. The van der Waals surface area contributed by atoms with Gasteiger partial charge >= 0.3 is 0 Å². The lowest BCUT2D eigenvalue weighted by Crippen LogP contribution is -2.49. The SMILES string of the molecule is Cc1cccc(CNc2nccc(C(=O)N3CCN(c4ccccn4)CC3)n2)c1. The fourth-order valence-corrected chi connectivity index (χ4v) is 3.41. The third-order valence-electron chi connectivity index (χ3n) is 4.95. The summed E-state index contributed by atoms with van der Waals surface area (Å²) in [6, 6.07) is 15.8. The molecule has 1 aliphatic heterocycles. The monoisotopic (exact) mass is 388 g/mol. The number of hydrogen-bond acceptors (Lipinski definition) is 6. The van der Waals surface area contributed by atoms with E-state index in [1.54, 1.807) is 18.5 Å². The van der Waals surface area contributed by atoms with Crippen LogP contribution in [0.5, 0.6) is 0 Å². The topological polar surface area (TPSA) is 74.2 Å². The number of aryl methyl sites for hydroxylation is 1. The highest BCUT2D eigenvalue weighted by Crippen LogP contribution is 2.14. The molecule has 0 atom stereocenters. The van der Waals surface area contributed by atoms with Gasteiger partial charge in [-0.15, -0.1) is 0 Å². The average Bonchev–Trinajstić information content (AvgIpc) is 2.78. The van der Waals surface area contributed by atoms with E-state index >= 15 is 0 Å². The minimum Gasteiger partial charge on any atom is -0.353 e. The van der Waals surface area contributed by atoms with E-state index in [1.165, 1.54) is 5.56 Å². The van der Waals surface area contributed by atoms with Gasteiger partial charge in [-0.05, 0) is 30.7 Å². The van der Waals surface area contributed by atoms with Crippen LogP contribution in [-0.4, -0.2) is 51.9 Å². The Balaban J connectivity index is 1.36. The standard InChI is InChI=1S/C22H24N6O/c1-17-5-4-6-18(15-17)16-25-22-24-10-8-19(26-22)21(29)28-13-11-27(12-14-28)20-7-2-3-9-23-20/h2-10,15H,11-14,16H2,1H3,(H,24,25,26). The second-order valence-electron chi connectivity index (χ2n) is 7.08. The van der Waals surface area contributed by atoms with Crippen molar-refractivity contribution in [3.8, 4) is 0 Å². The average molecular weight is 388 g/mol. The number of hydrogen-bond donors (Lipinski definition) is 1. The van der Waals surface area contributed by atoms with Gasteiger partial charge in [0.1, 0.15) is 11.5 Å². The highest BCUT2D eigenvalue weighted by atomic mass is 16.2. The number of nitrogens with one attached hydrogen (secondary N) is 1. The highest BCUT2D eigenvalue weighted by molar-refractivity contribution is 5.92. The molecule has 1 aliphatic rings. The minimum absolute atomic E-state index is 0.0633. The zero-order valence-electron chi connectivity index (χ0n) is 16.5. The predicted octanol–water partition coefficient (Wildman–Crippen LogP) is 2.75. The molecule has 3 heterocycles. The van der Waals surface area contributed by atoms with E-state index in [1.807, 2.05) is 29.2 Å². The molecular formula is C22H24N6O. The Kier molecular flexibility index (Phi) is 5.65. The van der Waals surface area contributed by atoms with Crippen molar-refractivity contribution in [2.75, 3.05) is 36.4 Å². The summed E-state index contributed by atoms with van der Waals surface area (Å²) in [6.45, 7) is 5.48. The molecule has 1 fully saturated rings. The van der Waals surface area contributed by atoms with Crippen molar-refractivity contribution in [1.29, 1.82) is 0 Å². The number of anilines is 2. The van der Waals surface area contributed by atoms with Gasteiger partial charge < -0.3 is 15.1 Å². The summed E-state index contributed by atoms with van der Waals surface area (Å²) in [6.07, 6.45) is 3.42. The normalized spacial score (nSPS) is 14.0. The number of carbonyl (C=O) groups excluding carboxylic acids is 1. The molecule has 0 aliphatic carbocycles. The van der Waals surface area contributed by atoms with E-state index in [9.17, 15) is 4.79 Å². The van der Waals surface area contributed by atoms with E-state index in [0.29, 0.717) is 31.3 Å². The number of pyridine rings is 1. The van der Waals surface area contributed by atoms with Gasteiger partial charge in [0.25, 0.3) is 5.91 Å². The summed E-state index contributed by atoms with van der Waals surface area (Å²) < 4.78 is 0. The largest absolute Gasteiger partial charge is 0.353 e. The van der Waals surface area contributed by atoms with Crippen LogP contribution in [0.15, 0.2) is 60.9 Å². The van der Waals surface area contributed by atoms with Crippen molar-refractivity contribution >= 4 is 17.7 Å². The van der Waals surface area contributed by atoms with Gasteiger partial charge in [0.15, 0.2) is 0 Å². The summed E-state index contributed by atoms with van der Waals surface area (Å²) in [4.78, 5) is 30.0. The smallest absolute Gasteiger partial charge is 0.272 e. The summed E-state index contributed by atoms with van der Waals surface area (Å²) in [5, 5.41) is 3.21. The van der Waals surface area contributed by atoms with Gasteiger partial charge in [0.2, 0.25) is 5.95 Å². The lowest BCUT2D eigenvalue weighted by molar-refractivity contribution is 0.0740. The van der Waals surface area contributed by atoms with Crippen molar-refractivity contribution < 1.29 is 4.79 Å². The number of benzene rings is 1. The Hall–Kier alpha value is -3.48. The van der Waals surface area contributed by atoms with E-state index in [4.69, 9.17) is 0 Å². The molecule has 7 nitrogen and oxygen atoms in total. The fraction of sp³-hybridized carbons (Fsp3) is 0.273. The molecule has 148 valence electrons. The maximum atomic E-state index is 12.9. The molecule has 0 spiro atoms. The van der Waals surface area contributed by atoms with Crippen molar-refractivity contribution in [3.63, 3.8) is 0 Å². The maximum Gasteiger partial charge on any atom is 0.272 e. The maximum absolute atomic E-state index is 12.9. The zero-order chi connectivity index (χ0) is 20.1. The predicted molar refractivity (Wildman–Crippen MR) is 113 cm³/mol. The Morgan fingerprint density at radius 3 is 2.62 bits per heavy atom. The molecule has 0 unspecified atom stereocenters. The molecule has 29 heavy (non-hydrogen) atoms. The zero-order valence-corrected chi connectivity index (χ0v) is 16.5. The Morgan fingerprint density at radius 1 is 1.00 bits per heavy atom. The summed E-state index contributed by atoms with van der Waals surface area (Å²) in [5.74, 6) is 1.35. The second kappa shape index (κ2) is 8.68. The van der Waals surface area contributed by atoms with Crippen LogP contribution in [-0.2, 0) is 6.54 Å². The third kappa shape index (κ3) is 4.68. The number of rotatable bonds is 5. The number of piperazine rings is 1. The lowest BCUT2D eigenvalue weighted by Gasteiger charge is -2.35. The molecule has 0 saturated carbocycles. The molecule has 1 saturated heterocycles. The highest BCUT2D eigenvalue weighted by Gasteiger charge is 2.23. The molecular weight excluding hydrogens is 364 g/mol. The number of aromatic nitrogens is 3. The van der Waals surface area contributed by atoms with Crippen LogP contribution in [0.4, 0.5) is 11.8 Å². The van der Waals surface area contributed by atoms with Gasteiger partial charge in [0, 0.05) is 45.1 Å². The lowest BCUT2D eigenvalue weighted by atomic mass is 10.1. The molecule has 0 bridgehead atoms. The van der Waals surface area contributed by atoms with Gasteiger partial charge in [-0.3, -0.25) is 4.79 Å². The van der Waals surface area contributed by atoms with Crippen molar-refractivity contribution in [2.45, 2.75) is 13.5 Å². The Morgan fingerprint density at radius 2 is 1.86 bits per heavy atom. The van der Waals surface area contributed by atoms with Crippen molar-refractivity contribution in [3.05, 3.63) is 77.7 Å². The van der Waals surface area contributed by atoms with Crippen LogP contribution in [0.25, 0.3) is 0 Å². The molecule has 2 aromatic heterocycles. The van der Waals surface area contributed by atoms with Gasteiger partial charge in [-0.2, -0.15) is 0 Å². The van der Waals surface area contributed by atoms with Crippen molar-refractivity contribution in [2.24, 2.45) is 0 Å². The first-order chi connectivity index (χ1) is 14.2. The van der Waals surface area contributed by atoms with E-state index in [0.717, 1.165) is 24.5 Å². The van der Waals surface area contributed by atoms with E-state index in [2.05, 4.69) is 50.3 Å². The van der Waals surface area contributed by atoms with Crippen LogP contribution >= 0.6 is 0 Å². The summed E-state index contributed by atoms with van der Waals surface area (Å²) in [7, 11) is 0. The van der Waals surface area contributed by atoms with Crippen LogP contribution in [0, 0.1) is 6.92 Å². The van der Waals surface area contributed by atoms with Crippen LogP contribution in [0.1, 0.15) is 21.6 Å². The molecule has 0 radical (unpaired) electrons. The Bertz CT molecular complexity index is 970.